The molecule has 8 aliphatic carbocycles. The molecule has 0 aliphatic heterocycles. The third-order valence-electron chi connectivity index (χ3n) is 31.0. The summed E-state index contributed by atoms with van der Waals surface area (Å²) in [6, 6.07) is 16.9. The SMILES string of the molecule is CC(C)OC(=O)[C@H](C)NP(=O)(Cl)Oc1ccccc1.CC[C@@H]1C2C[C@H](C)CC[C@]2(C)C2CC[C@@]3(C)C(CC[C@@H]3[C@H](C)CCO)C2[C@@H]1O[Si](C)(C)C(C)(C)C.CC[C@@H]1C2C[C@H](C)CC[C@]2(C)C2CC[C@@]3(C)C(CC[C@@H]3[C@H](C)CCO[P@](=O)(C[C@@H](C)C(=O)OC(C)C)Oc3ccccc3)C2[C@@H]1O[Si](C)(C)C(C)(C)C. The number of carbonyl (C=O) groups is 2. The summed E-state index contributed by atoms with van der Waals surface area (Å²) in [4.78, 5) is 24.3. The van der Waals surface area contributed by atoms with Gasteiger partial charge in [-0.25, -0.2) is 14.2 Å². The largest absolute Gasteiger partial charge is 0.463 e. The number of aliphatic hydroxyl groups excluding tert-OH is 1. The minimum absolute atomic E-state index is 0.0130. The van der Waals surface area contributed by atoms with Crippen molar-refractivity contribution < 1.29 is 55.7 Å². The van der Waals surface area contributed by atoms with Gasteiger partial charge in [-0.05, 0) is 301 Å². The molecule has 0 amide bonds. The number of para-hydroxylation sites is 2. The van der Waals surface area contributed by atoms with Gasteiger partial charge in [0.05, 0.1) is 43.1 Å². The van der Waals surface area contributed by atoms with Crippen LogP contribution in [0.15, 0.2) is 60.7 Å². The summed E-state index contributed by atoms with van der Waals surface area (Å²) in [5, 5.41) is 12.6. The van der Waals surface area contributed by atoms with Gasteiger partial charge < -0.3 is 32.5 Å². The molecule has 0 spiro atoms. The Morgan fingerprint density at radius 1 is 0.551 bits per heavy atom. The second-order valence-electron chi connectivity index (χ2n) is 40.7. The molecule has 0 aromatic heterocycles. The maximum atomic E-state index is 14.3. The fourth-order valence-corrected chi connectivity index (χ4v) is 29.7. The standard InChI is InChI=1S/C45H77O6PSi.C32H60O2Si.C12H17ClNO4P/c1-14-35-39-28-31(4)22-25-45(39,11)38-23-26-44(10)36(20-21-37(44)40(38)41(35)51-53(12,13)43(7,8)9)32(5)24-27-48-52(47,50-34-18-16-15-17-19-34)29-33(6)42(46)49-30(2)3;1-11-23-27-20-21(2)14-17-32(27,8)26-15-18-31(7)24(22(3)16-19-33)12-13-25(31)28(26)29(23)34-35(9,10)30(4,5)6;1-9(2)17-12(15)10(3)14-19(13,16)18-11-7-5-4-6-8-11/h15-19,30-33,35-41H,14,20-29H2,1-13H3;21-29,33H,11-20H2,1-10H3;4-10H,1-3H3,(H,14,16)/t31-,32-,33-,35-,36-,37?,38?,39?,40?,41-,44-,45-,52-;21-,22-,23-,24-,25?,26?,27?,28?,29-,31-,32-;10-,19?/m110/s1. The van der Waals surface area contributed by atoms with Gasteiger partial charge in [-0.15, -0.1) is 0 Å². The number of hydrogen-bond donors (Lipinski definition) is 2. The number of fused-ring (bicyclic) bond motifs is 10. The number of carbonyl (C=O) groups excluding carboxylic acids is 2. The van der Waals surface area contributed by atoms with Crippen LogP contribution in [0.2, 0.25) is 36.3 Å². The summed E-state index contributed by atoms with van der Waals surface area (Å²) in [7, 11) is -7.52. The summed E-state index contributed by atoms with van der Waals surface area (Å²) in [6.07, 6.45) is 23.7. The first-order valence-corrected chi connectivity index (χ1v) is 52.9. The Labute approximate surface area is 659 Å². The van der Waals surface area contributed by atoms with Crippen molar-refractivity contribution in [1.82, 2.24) is 5.09 Å². The van der Waals surface area contributed by atoms with E-state index >= 15 is 0 Å². The van der Waals surface area contributed by atoms with E-state index in [1.54, 1.807) is 63.2 Å². The molecule has 612 valence electrons. The predicted molar refractivity (Wildman–Crippen MR) is 447 cm³/mol. The van der Waals surface area contributed by atoms with Gasteiger partial charge in [-0.2, -0.15) is 0 Å². The maximum Gasteiger partial charge on any atom is 0.409 e. The van der Waals surface area contributed by atoms with Gasteiger partial charge in [0.15, 0.2) is 16.6 Å². The molecule has 2 N–H and O–H groups in total. The molecule has 8 saturated carbocycles. The van der Waals surface area contributed by atoms with Crippen molar-refractivity contribution in [3.63, 3.8) is 0 Å². The molecule has 2 aromatic rings. The Morgan fingerprint density at radius 3 is 1.33 bits per heavy atom. The highest BCUT2D eigenvalue weighted by atomic mass is 35.7. The van der Waals surface area contributed by atoms with Gasteiger partial charge in [-0.3, -0.25) is 14.1 Å². The zero-order valence-corrected chi connectivity index (χ0v) is 76.6. The van der Waals surface area contributed by atoms with Crippen molar-refractivity contribution in [2.45, 2.75) is 335 Å². The molecule has 8 fully saturated rings. The van der Waals surface area contributed by atoms with Crippen molar-refractivity contribution >= 4 is 54.3 Å². The molecule has 13 nitrogen and oxygen atoms in total. The smallest absolute Gasteiger partial charge is 0.409 e. The average Bonchev–Trinajstić information content (AvgIpc) is 1.69. The summed E-state index contributed by atoms with van der Waals surface area (Å²) in [5.41, 5.74) is 1.58. The van der Waals surface area contributed by atoms with Crippen LogP contribution in [0.25, 0.3) is 0 Å². The lowest BCUT2D eigenvalue weighted by Gasteiger charge is -2.66. The molecule has 10 rings (SSSR count). The maximum absolute atomic E-state index is 14.3. The van der Waals surface area contributed by atoms with E-state index in [0.717, 1.165) is 72.0 Å². The first-order chi connectivity index (χ1) is 49.7. The van der Waals surface area contributed by atoms with Crippen molar-refractivity contribution in [1.29, 1.82) is 0 Å². The lowest BCUT2D eigenvalue weighted by atomic mass is 9.41. The van der Waals surface area contributed by atoms with Crippen LogP contribution in [0.5, 0.6) is 11.5 Å². The van der Waals surface area contributed by atoms with Crippen LogP contribution in [-0.4, -0.2) is 83.5 Å². The van der Waals surface area contributed by atoms with E-state index < -0.39 is 49.0 Å². The number of aliphatic hydroxyl groups is 1. The molecule has 0 saturated heterocycles. The monoisotopic (exact) mass is 1580 g/mol. The number of halogens is 1. The first kappa shape index (κ1) is 90.5. The molecular formula is C89H154ClNO12P2Si2. The van der Waals surface area contributed by atoms with Crippen LogP contribution >= 0.6 is 25.7 Å². The number of hydrogen-bond acceptors (Lipinski definition) is 12. The Bertz CT molecular complexity index is 3280. The van der Waals surface area contributed by atoms with Gasteiger partial charge in [0, 0.05) is 17.8 Å². The van der Waals surface area contributed by atoms with E-state index in [0.29, 0.717) is 88.7 Å². The Balaban J connectivity index is 0.000000228. The van der Waals surface area contributed by atoms with Gasteiger partial charge >= 0.3 is 26.4 Å². The number of esters is 2. The number of nitrogens with one attached hydrogen (secondary N) is 1. The summed E-state index contributed by atoms with van der Waals surface area (Å²) < 4.78 is 69.6. The summed E-state index contributed by atoms with van der Waals surface area (Å²) in [5.74, 6) is 10.7. The van der Waals surface area contributed by atoms with Gasteiger partial charge in [0.25, 0.3) is 0 Å². The Morgan fingerprint density at radius 2 is 0.935 bits per heavy atom. The fraction of sp³-hybridized carbons (Fsp3) is 0.843. The Kier molecular flexibility index (Phi) is 30.5. The van der Waals surface area contributed by atoms with Gasteiger partial charge in [-0.1, -0.05) is 180 Å². The first-order valence-electron chi connectivity index (χ1n) is 42.8. The minimum Gasteiger partial charge on any atom is -0.463 e. The fourth-order valence-electron chi connectivity index (χ4n) is 23.4. The zero-order chi connectivity index (χ0) is 79.6. The molecule has 0 bridgehead atoms. The third-order valence-corrected chi connectivity index (χ3v) is 43.6. The summed E-state index contributed by atoms with van der Waals surface area (Å²) >= 11 is 5.76. The quantitative estimate of drug-likeness (QED) is 0.0520. The Hall–Kier alpha value is -2.04. The van der Waals surface area contributed by atoms with E-state index in [1.807, 2.05) is 32.0 Å². The van der Waals surface area contributed by atoms with E-state index in [-0.39, 0.29) is 39.8 Å². The highest BCUT2D eigenvalue weighted by molar-refractivity contribution is 7.84. The molecule has 9 unspecified atom stereocenters. The molecule has 26 atom stereocenters. The van der Waals surface area contributed by atoms with Crippen molar-refractivity contribution in [3.8, 4) is 11.5 Å². The molecule has 0 radical (unpaired) electrons. The van der Waals surface area contributed by atoms with Crippen LogP contribution < -0.4 is 14.1 Å². The van der Waals surface area contributed by atoms with Crippen LogP contribution in [-0.2, 0) is 41.6 Å². The van der Waals surface area contributed by atoms with Crippen molar-refractivity contribution in [3.05, 3.63) is 60.7 Å². The van der Waals surface area contributed by atoms with Crippen molar-refractivity contribution in [2.24, 2.45) is 122 Å². The van der Waals surface area contributed by atoms with Crippen LogP contribution in [0.4, 0.5) is 0 Å². The highest BCUT2D eigenvalue weighted by Gasteiger charge is 2.68. The second kappa shape index (κ2) is 36.0. The second-order valence-corrected chi connectivity index (χ2v) is 55.0. The van der Waals surface area contributed by atoms with E-state index in [4.69, 9.17) is 43.1 Å². The normalized spacial score (nSPS) is 36.4. The lowest BCUT2D eigenvalue weighted by molar-refractivity contribution is -0.194. The molecule has 8 aliphatic rings. The van der Waals surface area contributed by atoms with Crippen LogP contribution in [0.1, 0.15) is 268 Å². The van der Waals surface area contributed by atoms with Crippen LogP contribution in [0.3, 0.4) is 0 Å². The van der Waals surface area contributed by atoms with Crippen molar-refractivity contribution in [2.75, 3.05) is 19.4 Å². The van der Waals surface area contributed by atoms with Crippen LogP contribution in [0, 0.1) is 122 Å². The number of rotatable bonds is 26. The molecule has 2 aromatic carbocycles. The molecular weight excluding hydrogens is 1430 g/mol. The van der Waals surface area contributed by atoms with Gasteiger partial charge in [0.1, 0.15) is 17.5 Å². The van der Waals surface area contributed by atoms with Gasteiger partial charge in [0.2, 0.25) is 0 Å². The average molecular weight is 1580 g/mol. The number of benzene rings is 2. The molecule has 18 heteroatoms. The number of ether oxygens (including phenoxy) is 2. The molecule has 107 heavy (non-hydrogen) atoms. The minimum atomic E-state index is -3.65. The highest BCUT2D eigenvalue weighted by Crippen LogP contribution is 2.73. The lowest BCUT2D eigenvalue weighted by Crippen LogP contribution is -2.64. The predicted octanol–water partition coefficient (Wildman–Crippen LogP) is 25.1. The van der Waals surface area contributed by atoms with E-state index in [9.17, 15) is 23.8 Å². The molecule has 0 heterocycles. The van der Waals surface area contributed by atoms with E-state index in [2.05, 4.69) is 142 Å². The zero-order valence-electron chi connectivity index (χ0n) is 72.0. The van der Waals surface area contributed by atoms with E-state index in [1.165, 1.54) is 110 Å². The summed E-state index contributed by atoms with van der Waals surface area (Å²) in [6.45, 7) is 57.5. The topological polar surface area (TPSA) is 165 Å². The third kappa shape index (κ3) is 20.4.